The molecule has 0 saturated carbocycles. The molecule has 5 nitrogen and oxygen atoms in total. The molecule has 0 aromatic rings. The van der Waals surface area contributed by atoms with E-state index < -0.39 is 0 Å². The van der Waals surface area contributed by atoms with Gasteiger partial charge in [-0.25, -0.2) is 4.99 Å². The largest absolute Gasteiger partial charge is 0.387 e. The summed E-state index contributed by atoms with van der Waals surface area (Å²) in [6.45, 7) is 2.55. The van der Waals surface area contributed by atoms with Crippen LogP contribution in [0.4, 0.5) is 0 Å². The Labute approximate surface area is 119 Å². The molecule has 0 spiro atoms. The Morgan fingerprint density at radius 2 is 2.50 bits per heavy atom. The molecular formula is C15H21N5. The molecule has 0 aromatic carbocycles. The lowest BCUT2D eigenvalue weighted by atomic mass is 10.0. The Hall–Kier alpha value is -1.72. The summed E-state index contributed by atoms with van der Waals surface area (Å²) >= 11 is 0. The summed E-state index contributed by atoms with van der Waals surface area (Å²) in [5.74, 6) is 0. The molecule has 20 heavy (non-hydrogen) atoms. The second-order valence-corrected chi connectivity index (χ2v) is 5.28. The Kier molecular flexibility index (Phi) is 4.08. The van der Waals surface area contributed by atoms with Crippen molar-refractivity contribution in [3.63, 3.8) is 0 Å². The summed E-state index contributed by atoms with van der Waals surface area (Å²) in [6.07, 6.45) is 12.1. The topological polar surface area (TPSA) is 74.8 Å². The van der Waals surface area contributed by atoms with Crippen LogP contribution in [0.25, 0.3) is 0 Å². The van der Waals surface area contributed by atoms with Crippen LogP contribution in [-0.4, -0.2) is 43.6 Å². The first-order chi connectivity index (χ1) is 9.86. The maximum absolute atomic E-state index is 5.86. The number of fused-ring (bicyclic) bond motifs is 1. The van der Waals surface area contributed by atoms with Gasteiger partial charge in [-0.3, -0.25) is 4.99 Å². The highest BCUT2D eigenvalue weighted by Gasteiger charge is 2.19. The van der Waals surface area contributed by atoms with Crippen LogP contribution in [-0.2, 0) is 0 Å². The summed E-state index contributed by atoms with van der Waals surface area (Å²) in [4.78, 5) is 9.26. The van der Waals surface area contributed by atoms with Crippen LogP contribution in [0.1, 0.15) is 12.8 Å². The lowest BCUT2D eigenvalue weighted by molar-refractivity contribution is 0.636. The molecule has 106 valence electrons. The van der Waals surface area contributed by atoms with Gasteiger partial charge in [0.05, 0.1) is 17.5 Å². The molecule has 2 atom stereocenters. The van der Waals surface area contributed by atoms with Gasteiger partial charge in [-0.15, -0.1) is 0 Å². The van der Waals surface area contributed by atoms with E-state index in [9.17, 15) is 0 Å². The highest BCUT2D eigenvalue weighted by Crippen LogP contribution is 2.21. The average Bonchev–Trinajstić information content (AvgIpc) is 3.01. The SMILES string of the molecule is NC/C(=C\NC1CCNC1)C1=NC2=CC=CCC2N=C1. The fraction of sp³-hybridized carbons (Fsp3) is 0.467. The number of nitrogens with two attached hydrogens (primary N) is 1. The van der Waals surface area contributed by atoms with Crippen LogP contribution in [0.3, 0.4) is 0 Å². The Morgan fingerprint density at radius 1 is 1.55 bits per heavy atom. The zero-order valence-electron chi connectivity index (χ0n) is 11.5. The lowest BCUT2D eigenvalue weighted by Crippen LogP contribution is -2.29. The highest BCUT2D eigenvalue weighted by molar-refractivity contribution is 6.39. The minimum atomic E-state index is 0.190. The predicted molar refractivity (Wildman–Crippen MR) is 83.1 cm³/mol. The molecule has 2 heterocycles. The summed E-state index contributed by atoms with van der Waals surface area (Å²) in [5, 5.41) is 6.76. The van der Waals surface area contributed by atoms with Crippen LogP contribution >= 0.6 is 0 Å². The van der Waals surface area contributed by atoms with Crippen molar-refractivity contribution >= 4 is 11.9 Å². The molecule has 1 fully saturated rings. The number of allylic oxidation sites excluding steroid dienone is 2. The van der Waals surface area contributed by atoms with E-state index in [1.54, 1.807) is 0 Å². The molecule has 5 heteroatoms. The number of rotatable bonds is 4. The monoisotopic (exact) mass is 271 g/mol. The van der Waals surface area contributed by atoms with Gasteiger partial charge < -0.3 is 16.4 Å². The average molecular weight is 271 g/mol. The van der Waals surface area contributed by atoms with Gasteiger partial charge in [0.1, 0.15) is 0 Å². The zero-order valence-corrected chi connectivity index (χ0v) is 11.5. The first-order valence-corrected chi connectivity index (χ1v) is 7.21. The summed E-state index contributed by atoms with van der Waals surface area (Å²) in [7, 11) is 0. The van der Waals surface area contributed by atoms with Crippen molar-refractivity contribution in [2.75, 3.05) is 19.6 Å². The molecule has 4 N–H and O–H groups in total. The van der Waals surface area contributed by atoms with Gasteiger partial charge in [0.25, 0.3) is 0 Å². The maximum Gasteiger partial charge on any atom is 0.0955 e. The van der Waals surface area contributed by atoms with E-state index in [1.807, 2.05) is 24.6 Å². The molecule has 1 aliphatic carbocycles. The lowest BCUT2D eigenvalue weighted by Gasteiger charge is -2.20. The molecule has 0 radical (unpaired) electrons. The van der Waals surface area contributed by atoms with E-state index in [4.69, 9.17) is 10.7 Å². The Balaban J connectivity index is 1.73. The van der Waals surface area contributed by atoms with Crippen LogP contribution in [0.5, 0.6) is 0 Å². The second kappa shape index (κ2) is 6.15. The number of aliphatic imine (C=N–C) groups is 2. The van der Waals surface area contributed by atoms with Gasteiger partial charge in [0, 0.05) is 37.1 Å². The fourth-order valence-corrected chi connectivity index (χ4v) is 2.59. The Bertz CT molecular complexity index is 506. The van der Waals surface area contributed by atoms with Crippen molar-refractivity contribution in [1.29, 1.82) is 0 Å². The molecule has 2 unspecified atom stereocenters. The van der Waals surface area contributed by atoms with Crippen molar-refractivity contribution in [3.05, 3.63) is 35.7 Å². The van der Waals surface area contributed by atoms with Crippen LogP contribution in [0.15, 0.2) is 45.7 Å². The number of nitrogens with zero attached hydrogens (tertiary/aromatic N) is 2. The van der Waals surface area contributed by atoms with Gasteiger partial charge in [-0.2, -0.15) is 0 Å². The number of hydrogen-bond acceptors (Lipinski definition) is 5. The van der Waals surface area contributed by atoms with Gasteiger partial charge in [-0.1, -0.05) is 12.2 Å². The standard InChI is InChI=1S/C15H21N5/c16-7-11(8-18-12-5-6-17-9-12)15-10-19-13-3-1-2-4-14(13)20-15/h1-2,4,8,10,12-13,17-18H,3,5-7,9,16H2/b11-8+. The normalized spacial score (nSPS) is 28.9. The summed E-state index contributed by atoms with van der Waals surface area (Å²) < 4.78 is 0. The van der Waals surface area contributed by atoms with Crippen molar-refractivity contribution in [3.8, 4) is 0 Å². The fourth-order valence-electron chi connectivity index (χ4n) is 2.59. The van der Waals surface area contributed by atoms with Crippen molar-refractivity contribution in [2.24, 2.45) is 15.7 Å². The van der Waals surface area contributed by atoms with Gasteiger partial charge in [0.15, 0.2) is 0 Å². The van der Waals surface area contributed by atoms with Gasteiger partial charge in [0.2, 0.25) is 0 Å². The van der Waals surface area contributed by atoms with Gasteiger partial charge in [-0.05, 0) is 25.5 Å². The van der Waals surface area contributed by atoms with E-state index in [0.29, 0.717) is 12.6 Å². The molecule has 0 aromatic heterocycles. The van der Waals surface area contributed by atoms with E-state index in [1.165, 1.54) is 0 Å². The quantitative estimate of drug-likeness (QED) is 0.698. The molecule has 3 rings (SSSR count). The highest BCUT2D eigenvalue weighted by atomic mass is 15.0. The van der Waals surface area contributed by atoms with Crippen LogP contribution < -0.4 is 16.4 Å². The summed E-state index contributed by atoms with van der Waals surface area (Å²) in [5.41, 5.74) is 8.78. The predicted octanol–water partition coefficient (Wildman–Crippen LogP) is 0.518. The third-order valence-corrected chi connectivity index (χ3v) is 3.83. The van der Waals surface area contributed by atoms with Gasteiger partial charge >= 0.3 is 0 Å². The van der Waals surface area contributed by atoms with Crippen molar-refractivity contribution < 1.29 is 0 Å². The first kappa shape index (κ1) is 13.3. The third kappa shape index (κ3) is 2.89. The molecule has 2 aliphatic heterocycles. The molecule has 3 aliphatic rings. The molecule has 1 saturated heterocycles. The second-order valence-electron chi connectivity index (χ2n) is 5.28. The van der Waals surface area contributed by atoms with Crippen LogP contribution in [0, 0.1) is 0 Å². The van der Waals surface area contributed by atoms with E-state index >= 15 is 0 Å². The van der Waals surface area contributed by atoms with E-state index in [2.05, 4.69) is 21.7 Å². The summed E-state index contributed by atoms with van der Waals surface area (Å²) in [6, 6.07) is 0.678. The maximum atomic E-state index is 5.86. The van der Waals surface area contributed by atoms with Crippen LogP contribution in [0.2, 0.25) is 0 Å². The van der Waals surface area contributed by atoms with Crippen molar-refractivity contribution in [1.82, 2.24) is 10.6 Å². The minimum absolute atomic E-state index is 0.190. The molecule has 0 amide bonds. The van der Waals surface area contributed by atoms with E-state index in [0.717, 1.165) is 42.9 Å². The minimum Gasteiger partial charge on any atom is -0.387 e. The Morgan fingerprint density at radius 3 is 3.30 bits per heavy atom. The number of hydrogen-bond donors (Lipinski definition) is 3. The molecular weight excluding hydrogens is 250 g/mol. The third-order valence-electron chi connectivity index (χ3n) is 3.83. The first-order valence-electron chi connectivity index (χ1n) is 7.21. The molecule has 0 bridgehead atoms. The zero-order chi connectivity index (χ0) is 13.8. The van der Waals surface area contributed by atoms with E-state index in [-0.39, 0.29) is 6.04 Å². The number of nitrogens with one attached hydrogen (secondary N) is 2. The van der Waals surface area contributed by atoms with Crippen molar-refractivity contribution in [2.45, 2.75) is 24.9 Å². The smallest absolute Gasteiger partial charge is 0.0955 e.